The molecule has 0 aromatic heterocycles. The number of rotatable bonds is 5. The SMILES string of the molecule is CC(C)COCCN1CCNC(C)(C)C1=O. The lowest BCUT2D eigenvalue weighted by Gasteiger charge is -2.38. The molecule has 0 aromatic rings. The van der Waals surface area contributed by atoms with Crippen LogP contribution in [0.3, 0.4) is 0 Å². The molecule has 0 atom stereocenters. The van der Waals surface area contributed by atoms with Crippen molar-refractivity contribution in [3.63, 3.8) is 0 Å². The summed E-state index contributed by atoms with van der Waals surface area (Å²) in [6.45, 7) is 11.9. The molecule has 0 saturated carbocycles. The Kier molecular flexibility index (Phi) is 4.74. The van der Waals surface area contributed by atoms with Crippen LogP contribution >= 0.6 is 0 Å². The molecule has 1 fully saturated rings. The van der Waals surface area contributed by atoms with E-state index in [4.69, 9.17) is 4.74 Å². The largest absolute Gasteiger partial charge is 0.379 e. The number of nitrogens with zero attached hydrogens (tertiary/aromatic N) is 1. The summed E-state index contributed by atoms with van der Waals surface area (Å²) < 4.78 is 5.50. The highest BCUT2D eigenvalue weighted by atomic mass is 16.5. The van der Waals surface area contributed by atoms with Gasteiger partial charge in [0.05, 0.1) is 12.1 Å². The number of ether oxygens (including phenoxy) is 1. The van der Waals surface area contributed by atoms with Gasteiger partial charge in [0.25, 0.3) is 0 Å². The smallest absolute Gasteiger partial charge is 0.242 e. The molecule has 0 aliphatic carbocycles. The number of carbonyl (C=O) groups excluding carboxylic acids is 1. The Hall–Kier alpha value is -0.610. The fraction of sp³-hybridized carbons (Fsp3) is 0.917. The van der Waals surface area contributed by atoms with Gasteiger partial charge in [-0.15, -0.1) is 0 Å². The summed E-state index contributed by atoms with van der Waals surface area (Å²) in [5.74, 6) is 0.724. The molecule has 0 bridgehead atoms. The van der Waals surface area contributed by atoms with Gasteiger partial charge in [0, 0.05) is 26.2 Å². The summed E-state index contributed by atoms with van der Waals surface area (Å²) >= 11 is 0. The molecule has 1 aliphatic rings. The van der Waals surface area contributed by atoms with Crippen molar-refractivity contribution in [2.24, 2.45) is 5.92 Å². The fourth-order valence-corrected chi connectivity index (χ4v) is 1.78. The number of hydrogen-bond acceptors (Lipinski definition) is 3. The first-order valence-electron chi connectivity index (χ1n) is 6.05. The van der Waals surface area contributed by atoms with Crippen LogP contribution in [0.15, 0.2) is 0 Å². The Labute approximate surface area is 98.3 Å². The van der Waals surface area contributed by atoms with Gasteiger partial charge in [-0.05, 0) is 19.8 Å². The Bertz CT molecular complexity index is 239. The van der Waals surface area contributed by atoms with E-state index >= 15 is 0 Å². The quantitative estimate of drug-likeness (QED) is 0.710. The van der Waals surface area contributed by atoms with Crippen molar-refractivity contribution < 1.29 is 9.53 Å². The number of carbonyl (C=O) groups is 1. The highest BCUT2D eigenvalue weighted by Crippen LogP contribution is 2.11. The molecule has 1 aliphatic heterocycles. The van der Waals surface area contributed by atoms with Gasteiger partial charge in [-0.1, -0.05) is 13.8 Å². The van der Waals surface area contributed by atoms with Gasteiger partial charge in [0.2, 0.25) is 5.91 Å². The van der Waals surface area contributed by atoms with Gasteiger partial charge < -0.3 is 15.0 Å². The Morgan fingerprint density at radius 3 is 2.81 bits per heavy atom. The summed E-state index contributed by atoms with van der Waals surface area (Å²) in [4.78, 5) is 13.9. The number of amides is 1. The van der Waals surface area contributed by atoms with Crippen LogP contribution in [0.2, 0.25) is 0 Å². The number of piperazine rings is 1. The van der Waals surface area contributed by atoms with Crippen LogP contribution < -0.4 is 5.32 Å². The van der Waals surface area contributed by atoms with Crippen LogP contribution in [0.1, 0.15) is 27.7 Å². The predicted molar refractivity (Wildman–Crippen MR) is 64.3 cm³/mol. The molecule has 1 heterocycles. The van der Waals surface area contributed by atoms with E-state index in [9.17, 15) is 4.79 Å². The molecule has 1 rings (SSSR count). The van der Waals surface area contributed by atoms with Crippen LogP contribution in [0.25, 0.3) is 0 Å². The zero-order valence-electron chi connectivity index (χ0n) is 10.9. The average molecular weight is 228 g/mol. The minimum atomic E-state index is -0.420. The van der Waals surface area contributed by atoms with Crippen molar-refractivity contribution in [2.75, 3.05) is 32.8 Å². The van der Waals surface area contributed by atoms with E-state index in [1.807, 2.05) is 18.7 Å². The third kappa shape index (κ3) is 3.76. The lowest BCUT2D eigenvalue weighted by Crippen LogP contribution is -2.61. The summed E-state index contributed by atoms with van der Waals surface area (Å²) in [6.07, 6.45) is 0. The molecule has 0 radical (unpaired) electrons. The second-order valence-electron chi connectivity index (χ2n) is 5.31. The van der Waals surface area contributed by atoms with Crippen molar-refractivity contribution >= 4 is 5.91 Å². The maximum Gasteiger partial charge on any atom is 0.242 e. The zero-order valence-corrected chi connectivity index (χ0v) is 10.9. The molecule has 0 aromatic carbocycles. The van der Waals surface area contributed by atoms with E-state index in [2.05, 4.69) is 19.2 Å². The predicted octanol–water partition coefficient (Wildman–Crippen LogP) is 0.869. The van der Waals surface area contributed by atoms with Crippen LogP contribution in [0.5, 0.6) is 0 Å². The van der Waals surface area contributed by atoms with Crippen LogP contribution in [0.4, 0.5) is 0 Å². The van der Waals surface area contributed by atoms with Gasteiger partial charge in [-0.3, -0.25) is 4.79 Å². The highest BCUT2D eigenvalue weighted by Gasteiger charge is 2.34. The van der Waals surface area contributed by atoms with Crippen molar-refractivity contribution in [3.8, 4) is 0 Å². The second-order valence-corrected chi connectivity index (χ2v) is 5.31. The van der Waals surface area contributed by atoms with E-state index in [0.717, 1.165) is 19.7 Å². The Balaban J connectivity index is 2.29. The molecule has 4 nitrogen and oxygen atoms in total. The second kappa shape index (κ2) is 5.64. The molecule has 1 N–H and O–H groups in total. The van der Waals surface area contributed by atoms with E-state index < -0.39 is 5.54 Å². The van der Waals surface area contributed by atoms with Gasteiger partial charge in [-0.25, -0.2) is 0 Å². The molecular formula is C12H24N2O2. The minimum Gasteiger partial charge on any atom is -0.379 e. The van der Waals surface area contributed by atoms with Gasteiger partial charge in [0.15, 0.2) is 0 Å². The van der Waals surface area contributed by atoms with Crippen molar-refractivity contribution in [1.29, 1.82) is 0 Å². The van der Waals surface area contributed by atoms with E-state index in [0.29, 0.717) is 19.1 Å². The minimum absolute atomic E-state index is 0.173. The summed E-state index contributed by atoms with van der Waals surface area (Å²) in [5.41, 5.74) is -0.420. The Morgan fingerprint density at radius 2 is 2.19 bits per heavy atom. The van der Waals surface area contributed by atoms with Crippen LogP contribution in [-0.2, 0) is 9.53 Å². The first-order chi connectivity index (χ1) is 7.43. The van der Waals surface area contributed by atoms with Crippen LogP contribution in [0, 0.1) is 5.92 Å². The van der Waals surface area contributed by atoms with Gasteiger partial charge in [-0.2, -0.15) is 0 Å². The van der Waals surface area contributed by atoms with Crippen molar-refractivity contribution in [2.45, 2.75) is 33.2 Å². The first-order valence-corrected chi connectivity index (χ1v) is 6.05. The van der Waals surface area contributed by atoms with Crippen LogP contribution in [-0.4, -0.2) is 49.2 Å². The van der Waals surface area contributed by atoms with Crippen molar-refractivity contribution in [3.05, 3.63) is 0 Å². The maximum absolute atomic E-state index is 12.0. The van der Waals surface area contributed by atoms with Gasteiger partial charge in [0.1, 0.15) is 0 Å². The molecule has 1 saturated heterocycles. The number of nitrogens with one attached hydrogen (secondary N) is 1. The maximum atomic E-state index is 12.0. The lowest BCUT2D eigenvalue weighted by molar-refractivity contribution is -0.140. The normalized spacial score (nSPS) is 20.6. The molecular weight excluding hydrogens is 204 g/mol. The molecule has 0 unspecified atom stereocenters. The van der Waals surface area contributed by atoms with Gasteiger partial charge >= 0.3 is 0 Å². The Morgan fingerprint density at radius 1 is 1.50 bits per heavy atom. The highest BCUT2D eigenvalue weighted by molar-refractivity contribution is 5.86. The monoisotopic (exact) mass is 228 g/mol. The summed E-state index contributed by atoms with van der Waals surface area (Å²) in [6, 6.07) is 0. The standard InChI is InChI=1S/C12H24N2O2/c1-10(2)9-16-8-7-14-6-5-13-12(3,4)11(14)15/h10,13H,5-9H2,1-4H3. The molecule has 4 heteroatoms. The van der Waals surface area contributed by atoms with E-state index in [1.54, 1.807) is 0 Å². The molecule has 16 heavy (non-hydrogen) atoms. The third-order valence-electron chi connectivity index (χ3n) is 2.73. The fourth-order valence-electron chi connectivity index (χ4n) is 1.78. The summed E-state index contributed by atoms with van der Waals surface area (Å²) in [7, 11) is 0. The zero-order chi connectivity index (χ0) is 12.2. The molecule has 0 spiro atoms. The van der Waals surface area contributed by atoms with E-state index in [1.165, 1.54) is 0 Å². The topological polar surface area (TPSA) is 41.6 Å². The molecule has 94 valence electrons. The summed E-state index contributed by atoms with van der Waals surface area (Å²) in [5, 5.41) is 3.21. The van der Waals surface area contributed by atoms with E-state index in [-0.39, 0.29) is 5.91 Å². The number of hydrogen-bond donors (Lipinski definition) is 1. The average Bonchev–Trinajstić information content (AvgIpc) is 2.18. The first kappa shape index (κ1) is 13.5. The lowest BCUT2D eigenvalue weighted by atomic mass is 10.0. The third-order valence-corrected chi connectivity index (χ3v) is 2.73. The molecule has 1 amide bonds. The van der Waals surface area contributed by atoms with Crippen molar-refractivity contribution in [1.82, 2.24) is 10.2 Å².